The first-order valence-electron chi connectivity index (χ1n) is 4.37. The fourth-order valence-electron chi connectivity index (χ4n) is 1.42. The van der Waals surface area contributed by atoms with E-state index >= 15 is 0 Å². The fraction of sp³-hybridized carbons (Fsp3) is 0.182. The number of nitrogens with zero attached hydrogens (tertiary/aromatic N) is 1. The minimum Gasteiger partial charge on any atom is -0.348 e. The SMILES string of the molecule is Cc1cccc(Cc2cnc[nH]2)c1.Cl. The lowest BCUT2D eigenvalue weighted by molar-refractivity contribution is 1.10. The van der Waals surface area contributed by atoms with Crippen LogP contribution in [0.1, 0.15) is 16.8 Å². The van der Waals surface area contributed by atoms with Gasteiger partial charge in [0.15, 0.2) is 0 Å². The van der Waals surface area contributed by atoms with Crippen LogP contribution < -0.4 is 0 Å². The second kappa shape index (κ2) is 4.82. The summed E-state index contributed by atoms with van der Waals surface area (Å²) in [5, 5.41) is 0. The number of aryl methyl sites for hydroxylation is 1. The maximum atomic E-state index is 3.99. The number of aromatic nitrogens is 2. The van der Waals surface area contributed by atoms with E-state index in [9.17, 15) is 0 Å². The summed E-state index contributed by atoms with van der Waals surface area (Å²) in [6.45, 7) is 2.11. The summed E-state index contributed by atoms with van der Waals surface area (Å²) in [5.74, 6) is 0. The Morgan fingerprint density at radius 1 is 1.36 bits per heavy atom. The summed E-state index contributed by atoms with van der Waals surface area (Å²) in [4.78, 5) is 7.08. The number of H-pyrrole nitrogens is 1. The Labute approximate surface area is 89.8 Å². The molecule has 0 bridgehead atoms. The molecule has 1 heterocycles. The lowest BCUT2D eigenvalue weighted by Crippen LogP contribution is -1.88. The van der Waals surface area contributed by atoms with Crippen LogP contribution in [0.2, 0.25) is 0 Å². The van der Waals surface area contributed by atoms with Crippen LogP contribution in [0.4, 0.5) is 0 Å². The van der Waals surface area contributed by atoms with Crippen LogP contribution in [0, 0.1) is 6.92 Å². The Bertz CT molecular complexity index is 382. The van der Waals surface area contributed by atoms with Crippen molar-refractivity contribution in [3.63, 3.8) is 0 Å². The van der Waals surface area contributed by atoms with Crippen LogP contribution in [0.3, 0.4) is 0 Å². The Kier molecular flexibility index (Phi) is 3.72. The number of hydrogen-bond donors (Lipinski definition) is 1. The summed E-state index contributed by atoms with van der Waals surface area (Å²) in [5.41, 5.74) is 3.78. The predicted octanol–water partition coefficient (Wildman–Crippen LogP) is 2.73. The lowest BCUT2D eigenvalue weighted by Gasteiger charge is -1.99. The van der Waals surface area contributed by atoms with Gasteiger partial charge in [0, 0.05) is 18.3 Å². The highest BCUT2D eigenvalue weighted by Crippen LogP contribution is 2.08. The number of halogens is 1. The van der Waals surface area contributed by atoms with Crippen molar-refractivity contribution in [2.24, 2.45) is 0 Å². The second-order valence-electron chi connectivity index (χ2n) is 3.24. The average molecular weight is 209 g/mol. The predicted molar refractivity (Wildman–Crippen MR) is 59.8 cm³/mol. The number of imidazole rings is 1. The first-order chi connectivity index (χ1) is 6.34. The number of nitrogens with one attached hydrogen (secondary N) is 1. The van der Waals surface area contributed by atoms with Gasteiger partial charge in [-0.05, 0) is 12.5 Å². The minimum absolute atomic E-state index is 0. The molecule has 1 aromatic carbocycles. The molecule has 0 saturated carbocycles. The smallest absolute Gasteiger partial charge is 0.0921 e. The summed E-state index contributed by atoms with van der Waals surface area (Å²) in [6.07, 6.45) is 4.51. The maximum Gasteiger partial charge on any atom is 0.0921 e. The zero-order valence-corrected chi connectivity index (χ0v) is 8.84. The molecule has 2 nitrogen and oxygen atoms in total. The molecule has 0 unspecified atom stereocenters. The van der Waals surface area contributed by atoms with Crippen molar-refractivity contribution in [1.29, 1.82) is 0 Å². The molecular formula is C11H13ClN2. The van der Waals surface area contributed by atoms with Gasteiger partial charge < -0.3 is 4.98 Å². The summed E-state index contributed by atoms with van der Waals surface area (Å²) >= 11 is 0. The van der Waals surface area contributed by atoms with Crippen molar-refractivity contribution < 1.29 is 0 Å². The highest BCUT2D eigenvalue weighted by atomic mass is 35.5. The van der Waals surface area contributed by atoms with Crippen LogP contribution in [-0.2, 0) is 6.42 Å². The molecule has 3 heteroatoms. The van der Waals surface area contributed by atoms with Crippen LogP contribution in [0.5, 0.6) is 0 Å². The van der Waals surface area contributed by atoms with Crippen molar-refractivity contribution in [2.45, 2.75) is 13.3 Å². The molecule has 0 aliphatic rings. The van der Waals surface area contributed by atoms with Gasteiger partial charge in [-0.2, -0.15) is 0 Å². The van der Waals surface area contributed by atoms with E-state index in [2.05, 4.69) is 41.2 Å². The molecule has 0 atom stereocenters. The Hall–Kier alpha value is -1.28. The normalized spacial score (nSPS) is 9.50. The minimum atomic E-state index is 0. The third-order valence-electron chi connectivity index (χ3n) is 2.03. The zero-order valence-electron chi connectivity index (χ0n) is 8.03. The monoisotopic (exact) mass is 208 g/mol. The molecule has 2 rings (SSSR count). The Morgan fingerprint density at radius 3 is 2.86 bits per heavy atom. The van der Waals surface area contributed by atoms with Gasteiger partial charge in [-0.15, -0.1) is 12.4 Å². The molecule has 0 aliphatic heterocycles. The average Bonchev–Trinajstić information content (AvgIpc) is 2.57. The van der Waals surface area contributed by atoms with E-state index < -0.39 is 0 Å². The molecule has 1 aromatic heterocycles. The van der Waals surface area contributed by atoms with Crippen LogP contribution in [0.25, 0.3) is 0 Å². The number of benzene rings is 1. The van der Waals surface area contributed by atoms with Crippen molar-refractivity contribution in [1.82, 2.24) is 9.97 Å². The molecule has 74 valence electrons. The third kappa shape index (κ3) is 2.60. The van der Waals surface area contributed by atoms with Gasteiger partial charge in [0.2, 0.25) is 0 Å². The van der Waals surface area contributed by atoms with E-state index in [-0.39, 0.29) is 12.4 Å². The largest absolute Gasteiger partial charge is 0.348 e. The van der Waals surface area contributed by atoms with E-state index in [1.807, 2.05) is 6.20 Å². The van der Waals surface area contributed by atoms with E-state index in [1.165, 1.54) is 11.1 Å². The molecule has 14 heavy (non-hydrogen) atoms. The highest BCUT2D eigenvalue weighted by molar-refractivity contribution is 5.85. The molecule has 0 saturated heterocycles. The van der Waals surface area contributed by atoms with Gasteiger partial charge >= 0.3 is 0 Å². The molecular weight excluding hydrogens is 196 g/mol. The molecule has 0 aliphatic carbocycles. The van der Waals surface area contributed by atoms with Crippen molar-refractivity contribution in [2.75, 3.05) is 0 Å². The fourth-order valence-corrected chi connectivity index (χ4v) is 1.42. The molecule has 2 aromatic rings. The molecule has 0 fully saturated rings. The van der Waals surface area contributed by atoms with Gasteiger partial charge in [0.1, 0.15) is 0 Å². The summed E-state index contributed by atoms with van der Waals surface area (Å²) < 4.78 is 0. The van der Waals surface area contributed by atoms with E-state index in [1.54, 1.807) is 6.33 Å². The standard InChI is InChI=1S/C11H12N2.ClH/c1-9-3-2-4-10(5-9)6-11-7-12-8-13-11;/h2-5,7-8H,6H2,1H3,(H,12,13);1H. The van der Waals surface area contributed by atoms with Gasteiger partial charge in [-0.1, -0.05) is 29.8 Å². The molecule has 0 spiro atoms. The number of aromatic amines is 1. The highest BCUT2D eigenvalue weighted by Gasteiger charge is 1.96. The van der Waals surface area contributed by atoms with Crippen LogP contribution in [0.15, 0.2) is 36.8 Å². The van der Waals surface area contributed by atoms with Crippen molar-refractivity contribution in [3.05, 3.63) is 53.6 Å². The van der Waals surface area contributed by atoms with Crippen LogP contribution >= 0.6 is 12.4 Å². The van der Waals surface area contributed by atoms with Gasteiger partial charge in [0.25, 0.3) is 0 Å². The van der Waals surface area contributed by atoms with Crippen molar-refractivity contribution >= 4 is 12.4 Å². The van der Waals surface area contributed by atoms with Gasteiger partial charge in [0.05, 0.1) is 6.33 Å². The van der Waals surface area contributed by atoms with E-state index in [0.29, 0.717) is 0 Å². The van der Waals surface area contributed by atoms with Crippen molar-refractivity contribution in [3.8, 4) is 0 Å². The molecule has 1 N–H and O–H groups in total. The lowest BCUT2D eigenvalue weighted by atomic mass is 10.1. The second-order valence-corrected chi connectivity index (χ2v) is 3.24. The van der Waals surface area contributed by atoms with Gasteiger partial charge in [-0.3, -0.25) is 0 Å². The third-order valence-corrected chi connectivity index (χ3v) is 2.03. The first kappa shape index (κ1) is 10.8. The Morgan fingerprint density at radius 2 is 2.21 bits per heavy atom. The maximum absolute atomic E-state index is 3.99. The quantitative estimate of drug-likeness (QED) is 0.808. The molecule has 0 radical (unpaired) electrons. The van der Waals surface area contributed by atoms with Gasteiger partial charge in [-0.25, -0.2) is 4.98 Å². The van der Waals surface area contributed by atoms with E-state index in [0.717, 1.165) is 12.1 Å². The van der Waals surface area contributed by atoms with Crippen LogP contribution in [-0.4, -0.2) is 9.97 Å². The Balaban J connectivity index is 0.000000980. The van der Waals surface area contributed by atoms with E-state index in [4.69, 9.17) is 0 Å². The summed E-state index contributed by atoms with van der Waals surface area (Å²) in [6, 6.07) is 8.52. The topological polar surface area (TPSA) is 28.7 Å². The first-order valence-corrected chi connectivity index (χ1v) is 4.37. The number of rotatable bonds is 2. The number of hydrogen-bond acceptors (Lipinski definition) is 1. The molecule has 0 amide bonds. The zero-order chi connectivity index (χ0) is 9.10. The summed E-state index contributed by atoms with van der Waals surface area (Å²) in [7, 11) is 0.